The van der Waals surface area contributed by atoms with Crippen LogP contribution in [0.15, 0.2) is 33.9 Å². The van der Waals surface area contributed by atoms with Crippen LogP contribution in [0.4, 0.5) is 0 Å². The predicted octanol–water partition coefficient (Wildman–Crippen LogP) is 1.52. The Morgan fingerprint density at radius 1 is 1.18 bits per heavy atom. The highest BCUT2D eigenvalue weighted by Crippen LogP contribution is 2.20. The molecule has 2 aromatic rings. The largest absolute Gasteiger partial charge is 0.273 e. The summed E-state index contributed by atoms with van der Waals surface area (Å²) in [6, 6.07) is 7.23. The molecule has 1 atom stereocenters. The second-order valence-corrected chi connectivity index (χ2v) is 4.47. The van der Waals surface area contributed by atoms with E-state index in [9.17, 15) is 9.59 Å². The molecular weight excluding hydrogens is 216 g/mol. The van der Waals surface area contributed by atoms with Crippen LogP contribution >= 0.6 is 0 Å². The summed E-state index contributed by atoms with van der Waals surface area (Å²) in [7, 11) is 0. The fourth-order valence-corrected chi connectivity index (χ4v) is 2.67. The van der Waals surface area contributed by atoms with E-state index >= 15 is 0 Å². The highest BCUT2D eigenvalue weighted by molar-refractivity contribution is 5.80. The normalized spacial score (nSPS) is 18.5. The Bertz CT molecular complexity index is 697. The van der Waals surface area contributed by atoms with Crippen molar-refractivity contribution in [3.05, 3.63) is 45.0 Å². The Kier molecular flexibility index (Phi) is 2.18. The van der Waals surface area contributed by atoms with Crippen LogP contribution in [-0.4, -0.2) is 9.36 Å². The molecule has 0 amide bonds. The van der Waals surface area contributed by atoms with E-state index < -0.39 is 0 Å². The zero-order valence-corrected chi connectivity index (χ0v) is 9.72. The van der Waals surface area contributed by atoms with Crippen molar-refractivity contribution >= 4 is 10.8 Å². The Morgan fingerprint density at radius 2 is 1.82 bits per heavy atom. The quantitative estimate of drug-likeness (QED) is 0.745. The van der Waals surface area contributed by atoms with Gasteiger partial charge in [0, 0.05) is 6.54 Å². The molecule has 17 heavy (non-hydrogen) atoms. The van der Waals surface area contributed by atoms with Crippen LogP contribution in [0.1, 0.15) is 25.8 Å². The van der Waals surface area contributed by atoms with Gasteiger partial charge in [-0.1, -0.05) is 19.1 Å². The number of hydrogen-bond acceptors (Lipinski definition) is 2. The molecule has 0 saturated carbocycles. The lowest BCUT2D eigenvalue weighted by Gasteiger charge is -2.13. The van der Waals surface area contributed by atoms with Crippen molar-refractivity contribution in [2.24, 2.45) is 0 Å². The minimum absolute atomic E-state index is 0.0375. The fraction of sp³-hybridized carbons (Fsp3) is 0.385. The molecule has 0 fully saturated rings. The van der Waals surface area contributed by atoms with Crippen LogP contribution < -0.4 is 11.1 Å². The average Bonchev–Trinajstić information content (AvgIpc) is 2.80. The van der Waals surface area contributed by atoms with E-state index in [-0.39, 0.29) is 17.2 Å². The first-order valence-corrected chi connectivity index (χ1v) is 5.98. The van der Waals surface area contributed by atoms with Gasteiger partial charge >= 0.3 is 0 Å². The van der Waals surface area contributed by atoms with Crippen LogP contribution in [0.25, 0.3) is 10.8 Å². The predicted molar refractivity (Wildman–Crippen MR) is 66.4 cm³/mol. The topological polar surface area (TPSA) is 44.0 Å². The summed E-state index contributed by atoms with van der Waals surface area (Å²) < 4.78 is 3.24. The molecule has 0 spiro atoms. The average molecular weight is 230 g/mol. The maximum Gasteiger partial charge on any atom is 0.273 e. The van der Waals surface area contributed by atoms with Crippen molar-refractivity contribution < 1.29 is 0 Å². The number of rotatable bonds is 1. The summed E-state index contributed by atoms with van der Waals surface area (Å²) in [6.07, 6.45) is 1.76. The van der Waals surface area contributed by atoms with Crippen molar-refractivity contribution in [3.8, 4) is 0 Å². The maximum absolute atomic E-state index is 12.3. The first kappa shape index (κ1) is 10.3. The Morgan fingerprint density at radius 3 is 2.47 bits per heavy atom. The number of nitrogens with zero attached hydrogens (tertiary/aromatic N) is 2. The Balaban J connectivity index is 2.50. The van der Waals surface area contributed by atoms with Crippen LogP contribution in [0.5, 0.6) is 0 Å². The van der Waals surface area contributed by atoms with Crippen molar-refractivity contribution in [1.82, 2.24) is 9.36 Å². The van der Waals surface area contributed by atoms with Crippen LogP contribution in [0.2, 0.25) is 0 Å². The zero-order chi connectivity index (χ0) is 12.0. The highest BCUT2D eigenvalue weighted by atomic mass is 16.2. The van der Waals surface area contributed by atoms with Gasteiger partial charge < -0.3 is 0 Å². The second-order valence-electron chi connectivity index (χ2n) is 4.47. The first-order valence-electron chi connectivity index (χ1n) is 5.98. The van der Waals surface area contributed by atoms with E-state index in [1.807, 2.05) is 6.92 Å². The zero-order valence-electron chi connectivity index (χ0n) is 9.72. The van der Waals surface area contributed by atoms with Crippen LogP contribution in [0, 0.1) is 0 Å². The van der Waals surface area contributed by atoms with Crippen molar-refractivity contribution in [2.45, 2.75) is 32.4 Å². The summed E-state index contributed by atoms with van der Waals surface area (Å²) in [5.74, 6) is 0. The summed E-state index contributed by atoms with van der Waals surface area (Å²) in [4.78, 5) is 24.6. The standard InChI is InChI=1S/C13H14N2O2/c1-2-9-7-8-14-12(16)10-5-3-4-6-11(10)13(17)15(9)14/h3-6,9H,2,7-8H2,1H3. The lowest BCUT2D eigenvalue weighted by atomic mass is 10.2. The van der Waals surface area contributed by atoms with E-state index in [0.29, 0.717) is 17.3 Å². The van der Waals surface area contributed by atoms with Crippen molar-refractivity contribution in [3.63, 3.8) is 0 Å². The number of benzene rings is 1. The lowest BCUT2D eigenvalue weighted by Crippen LogP contribution is -2.35. The molecule has 0 saturated heterocycles. The minimum atomic E-state index is -0.0452. The SMILES string of the molecule is CCC1CCn2c(=O)c3ccccc3c(=O)n21. The molecule has 0 N–H and O–H groups in total. The van der Waals surface area contributed by atoms with Gasteiger partial charge in [0.2, 0.25) is 0 Å². The van der Waals surface area contributed by atoms with Gasteiger partial charge in [0.05, 0.1) is 16.8 Å². The fourth-order valence-electron chi connectivity index (χ4n) is 2.67. The molecule has 1 aromatic heterocycles. The molecule has 3 rings (SSSR count). The van der Waals surface area contributed by atoms with E-state index in [2.05, 4.69) is 0 Å². The van der Waals surface area contributed by atoms with E-state index in [0.717, 1.165) is 12.8 Å². The summed E-state index contributed by atoms with van der Waals surface area (Å²) in [6.45, 7) is 2.70. The smallest absolute Gasteiger partial charge is 0.267 e. The van der Waals surface area contributed by atoms with E-state index in [1.165, 1.54) is 0 Å². The summed E-state index contributed by atoms with van der Waals surface area (Å²) >= 11 is 0. The first-order chi connectivity index (χ1) is 8.24. The van der Waals surface area contributed by atoms with E-state index in [1.54, 1.807) is 33.6 Å². The maximum atomic E-state index is 12.3. The third kappa shape index (κ3) is 1.30. The van der Waals surface area contributed by atoms with Crippen molar-refractivity contribution in [2.75, 3.05) is 0 Å². The van der Waals surface area contributed by atoms with Gasteiger partial charge in [0.25, 0.3) is 11.1 Å². The van der Waals surface area contributed by atoms with Crippen LogP contribution in [0.3, 0.4) is 0 Å². The van der Waals surface area contributed by atoms with Gasteiger partial charge in [-0.25, -0.2) is 9.36 Å². The molecule has 1 aliphatic heterocycles. The van der Waals surface area contributed by atoms with Gasteiger partial charge in [0.15, 0.2) is 0 Å². The molecule has 1 aliphatic rings. The molecule has 1 unspecified atom stereocenters. The summed E-state index contributed by atoms with van der Waals surface area (Å²) in [5, 5.41) is 1.07. The number of fused-ring (bicyclic) bond motifs is 2. The molecular formula is C13H14N2O2. The third-order valence-corrected chi connectivity index (χ3v) is 3.58. The van der Waals surface area contributed by atoms with Gasteiger partial charge in [-0.3, -0.25) is 9.59 Å². The molecule has 1 aromatic carbocycles. The lowest BCUT2D eigenvalue weighted by molar-refractivity contribution is 0.450. The van der Waals surface area contributed by atoms with Gasteiger partial charge in [0.1, 0.15) is 0 Å². The number of aromatic nitrogens is 2. The molecule has 4 heteroatoms. The molecule has 2 heterocycles. The van der Waals surface area contributed by atoms with Crippen LogP contribution in [-0.2, 0) is 6.54 Å². The molecule has 88 valence electrons. The number of hydrogen-bond donors (Lipinski definition) is 0. The van der Waals surface area contributed by atoms with Crippen molar-refractivity contribution in [1.29, 1.82) is 0 Å². The Hall–Kier alpha value is -1.84. The molecule has 0 radical (unpaired) electrons. The minimum Gasteiger partial charge on any atom is -0.267 e. The molecule has 0 bridgehead atoms. The molecule has 0 aliphatic carbocycles. The van der Waals surface area contributed by atoms with Gasteiger partial charge in [-0.2, -0.15) is 0 Å². The molecule has 4 nitrogen and oxygen atoms in total. The monoisotopic (exact) mass is 230 g/mol. The Labute approximate surface area is 98.1 Å². The second kappa shape index (κ2) is 3.58. The third-order valence-electron chi connectivity index (χ3n) is 3.58. The highest BCUT2D eigenvalue weighted by Gasteiger charge is 2.24. The summed E-state index contributed by atoms with van der Waals surface area (Å²) in [5.41, 5.74) is -0.0827. The van der Waals surface area contributed by atoms with E-state index in [4.69, 9.17) is 0 Å². The van der Waals surface area contributed by atoms with Gasteiger partial charge in [-0.05, 0) is 25.0 Å². The van der Waals surface area contributed by atoms with Gasteiger partial charge in [-0.15, -0.1) is 0 Å².